The van der Waals surface area contributed by atoms with Gasteiger partial charge in [0.05, 0.1) is 28.7 Å². The first-order valence-corrected chi connectivity index (χ1v) is 10.3. The van der Waals surface area contributed by atoms with Crippen molar-refractivity contribution in [1.29, 1.82) is 0 Å². The van der Waals surface area contributed by atoms with E-state index >= 15 is 0 Å². The molecule has 1 aliphatic rings. The number of hydrogen-bond acceptors (Lipinski definition) is 6. The van der Waals surface area contributed by atoms with Gasteiger partial charge in [0.2, 0.25) is 5.88 Å². The van der Waals surface area contributed by atoms with E-state index in [0.717, 1.165) is 44.4 Å². The highest BCUT2D eigenvalue weighted by atomic mass is 32.1. The lowest BCUT2D eigenvalue weighted by molar-refractivity contribution is 0.416. The average molecular weight is 414 g/mol. The Morgan fingerprint density at radius 2 is 1.90 bits per heavy atom. The number of aromatic hydroxyl groups is 1. The van der Waals surface area contributed by atoms with Crippen LogP contribution in [0.1, 0.15) is 10.4 Å². The maximum Gasteiger partial charge on any atom is 0.231 e. The van der Waals surface area contributed by atoms with Crippen LogP contribution < -0.4 is 20.6 Å². The Balaban J connectivity index is 1.50. The number of rotatable bonds is 4. The van der Waals surface area contributed by atoms with Gasteiger partial charge in [0.15, 0.2) is 5.13 Å². The van der Waals surface area contributed by atoms with Crippen LogP contribution in [-0.2, 0) is 0 Å². The summed E-state index contributed by atoms with van der Waals surface area (Å²) in [5.41, 5.74) is 5.14. The van der Waals surface area contributed by atoms with Gasteiger partial charge in [-0.15, -0.1) is 0 Å². The summed E-state index contributed by atoms with van der Waals surface area (Å²) in [5, 5.41) is 16.2. The van der Waals surface area contributed by atoms with Crippen LogP contribution in [0, 0.1) is 6.92 Å². The molecule has 0 bridgehead atoms. The van der Waals surface area contributed by atoms with Crippen molar-refractivity contribution in [2.75, 3.05) is 12.4 Å². The molecule has 0 saturated heterocycles. The van der Waals surface area contributed by atoms with E-state index in [1.807, 2.05) is 61.5 Å². The lowest BCUT2D eigenvalue weighted by Gasteiger charge is -2.09. The van der Waals surface area contributed by atoms with Gasteiger partial charge >= 0.3 is 0 Å². The van der Waals surface area contributed by atoms with E-state index in [1.165, 1.54) is 11.3 Å². The molecule has 0 amide bonds. The van der Waals surface area contributed by atoms with Crippen LogP contribution >= 0.6 is 11.3 Å². The summed E-state index contributed by atoms with van der Waals surface area (Å²) in [7, 11) is 1.63. The number of thiazole rings is 1. The Morgan fingerprint density at radius 3 is 2.77 bits per heavy atom. The van der Waals surface area contributed by atoms with Crippen molar-refractivity contribution in [3.05, 3.63) is 81.7 Å². The van der Waals surface area contributed by atoms with Gasteiger partial charge in [-0.05, 0) is 54.1 Å². The second kappa shape index (κ2) is 7.31. The fourth-order valence-electron chi connectivity index (χ4n) is 3.54. The molecule has 148 valence electrons. The van der Waals surface area contributed by atoms with Gasteiger partial charge in [-0.3, -0.25) is 0 Å². The SMILES string of the molecule is COc1ccc(C)cc1Nc1nc(O)c(C=c2ccc3c(c2)-c2ccccc2N=3)s1. The first-order valence-electron chi connectivity index (χ1n) is 9.52. The zero-order chi connectivity index (χ0) is 20.7. The number of methoxy groups -OCH3 is 1. The molecule has 6 heteroatoms. The first-order chi connectivity index (χ1) is 14.6. The van der Waals surface area contributed by atoms with E-state index < -0.39 is 0 Å². The number of para-hydroxylation sites is 1. The predicted octanol–water partition coefficient (Wildman–Crippen LogP) is 4.67. The second-order valence-corrected chi connectivity index (χ2v) is 8.12. The van der Waals surface area contributed by atoms with Crippen LogP contribution in [0.2, 0.25) is 0 Å². The number of hydrogen-bond donors (Lipinski definition) is 2. The number of aryl methyl sites for hydroxylation is 1. The van der Waals surface area contributed by atoms with Crippen LogP contribution in [0.25, 0.3) is 17.2 Å². The monoisotopic (exact) mass is 413 g/mol. The molecule has 0 fully saturated rings. The molecule has 0 atom stereocenters. The first kappa shape index (κ1) is 18.4. The number of benzene rings is 3. The molecule has 1 aromatic heterocycles. The maximum atomic E-state index is 10.4. The number of nitrogens with zero attached hydrogens (tertiary/aromatic N) is 2. The minimum Gasteiger partial charge on any atom is -0.495 e. The lowest BCUT2D eigenvalue weighted by atomic mass is 10.0. The molecule has 1 aliphatic heterocycles. The van der Waals surface area contributed by atoms with Gasteiger partial charge in [0.1, 0.15) is 5.75 Å². The fourth-order valence-corrected chi connectivity index (χ4v) is 4.38. The summed E-state index contributed by atoms with van der Waals surface area (Å²) in [6, 6.07) is 20.1. The fraction of sp³-hybridized carbons (Fsp3) is 0.0833. The van der Waals surface area contributed by atoms with E-state index in [0.29, 0.717) is 10.0 Å². The topological polar surface area (TPSA) is 66.7 Å². The summed E-state index contributed by atoms with van der Waals surface area (Å²) < 4.78 is 5.41. The molecule has 0 aliphatic carbocycles. The van der Waals surface area contributed by atoms with Crippen molar-refractivity contribution in [2.45, 2.75) is 6.92 Å². The van der Waals surface area contributed by atoms with Crippen LogP contribution in [-0.4, -0.2) is 17.2 Å². The zero-order valence-corrected chi connectivity index (χ0v) is 17.3. The molecule has 30 heavy (non-hydrogen) atoms. The van der Waals surface area contributed by atoms with Gasteiger partial charge in [0.25, 0.3) is 0 Å². The number of anilines is 2. The Bertz CT molecular complexity index is 1390. The predicted molar refractivity (Wildman–Crippen MR) is 121 cm³/mol. The highest BCUT2D eigenvalue weighted by molar-refractivity contribution is 7.16. The standard InChI is InChI=1S/C24H19N3O2S/c1-14-7-10-21(29-2)20(11-14)26-24-27-23(28)22(30-24)13-15-8-9-19-17(12-15)16-5-3-4-6-18(16)25-19/h3-13,28H,1-2H3,(H,26,27). The van der Waals surface area contributed by atoms with Crippen LogP contribution in [0.3, 0.4) is 0 Å². The van der Waals surface area contributed by atoms with Crippen LogP contribution in [0.4, 0.5) is 16.5 Å². The average Bonchev–Trinajstić information content (AvgIpc) is 3.28. The highest BCUT2D eigenvalue weighted by Crippen LogP contribution is 2.35. The summed E-state index contributed by atoms with van der Waals surface area (Å²) in [4.78, 5) is 9.62. The third kappa shape index (κ3) is 3.31. The van der Waals surface area contributed by atoms with Crippen molar-refractivity contribution in [3.63, 3.8) is 0 Å². The molecule has 0 unspecified atom stereocenters. The van der Waals surface area contributed by atoms with E-state index in [9.17, 15) is 5.11 Å². The molecule has 5 nitrogen and oxygen atoms in total. The molecule has 5 rings (SSSR count). The summed E-state index contributed by atoms with van der Waals surface area (Å²) >= 11 is 1.39. The molecule has 2 N–H and O–H groups in total. The summed E-state index contributed by atoms with van der Waals surface area (Å²) in [6.07, 6.45) is 1.94. The second-order valence-electron chi connectivity index (χ2n) is 7.09. The van der Waals surface area contributed by atoms with Gasteiger partial charge in [0, 0.05) is 11.1 Å². The third-order valence-corrected chi connectivity index (χ3v) is 5.89. The van der Waals surface area contributed by atoms with Crippen molar-refractivity contribution in [1.82, 2.24) is 4.98 Å². The Hall–Kier alpha value is -3.64. The minimum atomic E-state index is -0.000272. The van der Waals surface area contributed by atoms with Crippen LogP contribution in [0.5, 0.6) is 11.6 Å². The van der Waals surface area contributed by atoms with E-state index in [1.54, 1.807) is 7.11 Å². The summed E-state index contributed by atoms with van der Waals surface area (Å²) in [5.74, 6) is 0.724. The molecule has 4 aromatic rings. The highest BCUT2D eigenvalue weighted by Gasteiger charge is 2.13. The lowest BCUT2D eigenvalue weighted by Crippen LogP contribution is -2.09. The van der Waals surface area contributed by atoms with Crippen LogP contribution in [0.15, 0.2) is 65.7 Å². The zero-order valence-electron chi connectivity index (χ0n) is 16.5. The molecule has 2 heterocycles. The number of fused-ring (bicyclic) bond motifs is 3. The Labute approximate surface area is 177 Å². The van der Waals surface area contributed by atoms with E-state index in [2.05, 4.69) is 27.4 Å². The van der Waals surface area contributed by atoms with Crippen molar-refractivity contribution < 1.29 is 9.84 Å². The molecule has 0 radical (unpaired) electrons. The normalized spacial score (nSPS) is 12.3. The van der Waals surface area contributed by atoms with Crippen molar-refractivity contribution in [2.24, 2.45) is 4.99 Å². The Kier molecular flexibility index (Phi) is 4.48. The van der Waals surface area contributed by atoms with Gasteiger partial charge in [-0.25, -0.2) is 4.99 Å². The molecule has 0 saturated carbocycles. The largest absolute Gasteiger partial charge is 0.495 e. The quantitative estimate of drug-likeness (QED) is 0.449. The molecular formula is C24H19N3O2S. The van der Waals surface area contributed by atoms with Gasteiger partial charge in [-0.1, -0.05) is 41.7 Å². The molecule has 0 spiro atoms. The van der Waals surface area contributed by atoms with Crippen molar-refractivity contribution >= 4 is 33.9 Å². The minimum absolute atomic E-state index is 0.000272. The van der Waals surface area contributed by atoms with Gasteiger partial charge < -0.3 is 15.2 Å². The molecule has 3 aromatic carbocycles. The van der Waals surface area contributed by atoms with Gasteiger partial charge in [-0.2, -0.15) is 4.98 Å². The van der Waals surface area contributed by atoms with E-state index in [-0.39, 0.29) is 5.88 Å². The Morgan fingerprint density at radius 1 is 1.03 bits per heavy atom. The van der Waals surface area contributed by atoms with Crippen molar-refractivity contribution in [3.8, 4) is 22.8 Å². The maximum absolute atomic E-state index is 10.4. The number of nitrogens with one attached hydrogen (secondary N) is 1. The number of aromatic nitrogens is 1. The number of ether oxygens (including phenoxy) is 1. The summed E-state index contributed by atoms with van der Waals surface area (Å²) in [6.45, 7) is 2.02. The molecular weight excluding hydrogens is 394 g/mol. The van der Waals surface area contributed by atoms with E-state index in [4.69, 9.17) is 4.74 Å². The smallest absolute Gasteiger partial charge is 0.231 e. The third-order valence-electron chi connectivity index (χ3n) is 4.98.